The number of piperidine rings is 1. The summed E-state index contributed by atoms with van der Waals surface area (Å²) in [5, 5.41) is 20.4. The first-order chi connectivity index (χ1) is 29.1. The second-order valence-corrected chi connectivity index (χ2v) is 19.8. The number of carbonyl (C=O) groups is 3. The molecule has 1 rings (SSSR count). The van der Waals surface area contributed by atoms with Crippen LogP contribution >= 0.6 is 0 Å². The van der Waals surface area contributed by atoms with E-state index in [9.17, 15) is 24.6 Å². The summed E-state index contributed by atoms with van der Waals surface area (Å²) in [5.41, 5.74) is -0.781. The van der Waals surface area contributed by atoms with E-state index in [2.05, 4.69) is 39.6 Å². The minimum Gasteiger partial charge on any atom is -0.481 e. The lowest BCUT2D eigenvalue weighted by Gasteiger charge is -2.32. The molecule has 7 nitrogen and oxygen atoms in total. The highest BCUT2D eigenvalue weighted by Gasteiger charge is 2.38. The van der Waals surface area contributed by atoms with Crippen LogP contribution in [0, 0.1) is 29.1 Å². The highest BCUT2D eigenvalue weighted by molar-refractivity contribution is 5.74. The molecule has 0 saturated carbocycles. The number of carboxylic acids is 2. The largest absolute Gasteiger partial charge is 0.481 e. The molecule has 0 radical (unpaired) electrons. The first-order valence-electron chi connectivity index (χ1n) is 26.4. The Morgan fingerprint density at radius 3 is 1.30 bits per heavy atom. The van der Waals surface area contributed by atoms with E-state index in [-0.39, 0.29) is 30.8 Å². The van der Waals surface area contributed by atoms with Gasteiger partial charge in [-0.1, -0.05) is 207 Å². The summed E-state index contributed by atoms with van der Waals surface area (Å²) in [5.74, 6) is 0.00424. The van der Waals surface area contributed by atoms with E-state index in [1.54, 1.807) is 0 Å². The van der Waals surface area contributed by atoms with Gasteiger partial charge in [-0.2, -0.15) is 0 Å². The predicted molar refractivity (Wildman–Crippen MR) is 254 cm³/mol. The summed E-state index contributed by atoms with van der Waals surface area (Å²) >= 11 is 0. The normalized spacial score (nSPS) is 14.7. The lowest BCUT2D eigenvalue weighted by Crippen LogP contribution is -2.35. The second-order valence-electron chi connectivity index (χ2n) is 19.8. The number of nitrogens with zero attached hydrogens (tertiary/aromatic N) is 1. The SMILES string of the molecule is CCCCCC(CCCCC)CCCCCCCC(CCCCCCCC(CCCCC)CCCCC)(CCC(CCCC(=O)O)COC(=O)C1CCN(C)CC1)C(=O)O. The Morgan fingerprint density at radius 1 is 0.517 bits per heavy atom. The fraction of sp³-hybridized carbons (Fsp3) is 0.943. The van der Waals surface area contributed by atoms with Gasteiger partial charge in [0, 0.05) is 6.42 Å². The summed E-state index contributed by atoms with van der Waals surface area (Å²) in [6.45, 7) is 11.2. The van der Waals surface area contributed by atoms with Crippen molar-refractivity contribution >= 4 is 17.9 Å². The number of rotatable bonds is 43. The molecule has 0 aromatic rings. The highest BCUT2D eigenvalue weighted by Crippen LogP contribution is 2.39. The minimum atomic E-state index is -0.816. The quantitative estimate of drug-likeness (QED) is 0.0465. The van der Waals surface area contributed by atoms with Crippen LogP contribution < -0.4 is 0 Å². The van der Waals surface area contributed by atoms with E-state index in [1.165, 1.54) is 154 Å². The van der Waals surface area contributed by atoms with Crippen molar-refractivity contribution in [2.24, 2.45) is 29.1 Å². The van der Waals surface area contributed by atoms with Gasteiger partial charge in [0.1, 0.15) is 0 Å². The van der Waals surface area contributed by atoms with Crippen LogP contribution in [0.25, 0.3) is 0 Å². The average Bonchev–Trinajstić information content (AvgIpc) is 3.23. The molecule has 0 bridgehead atoms. The molecule has 0 aliphatic carbocycles. The molecular weight excluding hydrogens is 747 g/mol. The lowest BCUT2D eigenvalue weighted by atomic mass is 9.72. The van der Waals surface area contributed by atoms with Gasteiger partial charge in [0.15, 0.2) is 0 Å². The summed E-state index contributed by atoms with van der Waals surface area (Å²) in [7, 11) is 2.08. The molecule has 60 heavy (non-hydrogen) atoms. The van der Waals surface area contributed by atoms with E-state index in [0.29, 0.717) is 38.5 Å². The van der Waals surface area contributed by atoms with Crippen LogP contribution in [0.4, 0.5) is 0 Å². The van der Waals surface area contributed by atoms with Gasteiger partial charge >= 0.3 is 17.9 Å². The first-order valence-corrected chi connectivity index (χ1v) is 26.4. The summed E-state index contributed by atoms with van der Waals surface area (Å²) < 4.78 is 5.92. The van der Waals surface area contributed by atoms with Gasteiger partial charge in [-0.3, -0.25) is 14.4 Å². The molecular formula is C53H101NO6. The molecule has 1 aliphatic heterocycles. The zero-order valence-corrected chi connectivity index (χ0v) is 40.6. The topological polar surface area (TPSA) is 104 Å². The van der Waals surface area contributed by atoms with Gasteiger partial charge in [0.25, 0.3) is 0 Å². The van der Waals surface area contributed by atoms with Crippen LogP contribution in [0.1, 0.15) is 265 Å². The fourth-order valence-electron chi connectivity index (χ4n) is 10.0. The number of hydrogen-bond acceptors (Lipinski definition) is 5. The number of unbranched alkanes of at least 4 members (excludes halogenated alkanes) is 16. The predicted octanol–water partition coefficient (Wildman–Crippen LogP) is 15.6. The fourth-order valence-corrected chi connectivity index (χ4v) is 10.0. The van der Waals surface area contributed by atoms with Crippen LogP contribution in [0.5, 0.6) is 0 Å². The Bertz CT molecular complexity index is 967. The van der Waals surface area contributed by atoms with Crippen LogP contribution in [0.3, 0.4) is 0 Å². The maximum atomic E-state index is 13.4. The third-order valence-electron chi connectivity index (χ3n) is 14.4. The molecule has 0 spiro atoms. The molecule has 2 N–H and O–H groups in total. The second kappa shape index (κ2) is 37.9. The van der Waals surface area contributed by atoms with Gasteiger partial charge < -0.3 is 19.8 Å². The van der Waals surface area contributed by atoms with Crippen LogP contribution in [-0.4, -0.2) is 59.8 Å². The van der Waals surface area contributed by atoms with E-state index in [0.717, 1.165) is 63.5 Å². The zero-order chi connectivity index (χ0) is 44.1. The standard InChI is InChI=1S/C53H101NO6/c1-6-10-20-29-46(30-21-11-7-2)33-24-16-14-18-26-40-53(52(58)59,41-27-19-15-17-25-34-47(31-22-12-8-3)32-23-13-9-4)42-37-48(35-28-36-50(55)56)45-60-51(57)49-38-43-54(5)44-39-49/h46-49H,6-45H2,1-5H3,(H,55,56)(H,58,59). The molecule has 0 aromatic heterocycles. The van der Waals surface area contributed by atoms with E-state index in [4.69, 9.17) is 4.74 Å². The molecule has 354 valence electrons. The van der Waals surface area contributed by atoms with Crippen molar-refractivity contribution in [1.29, 1.82) is 0 Å². The number of hydrogen-bond donors (Lipinski definition) is 2. The minimum absolute atomic E-state index is 0.0246. The molecule has 0 amide bonds. The molecule has 1 aliphatic rings. The van der Waals surface area contributed by atoms with Crippen molar-refractivity contribution in [2.75, 3.05) is 26.7 Å². The van der Waals surface area contributed by atoms with Crippen molar-refractivity contribution in [3.05, 3.63) is 0 Å². The Balaban J connectivity index is 2.88. The Morgan fingerprint density at radius 2 is 0.900 bits per heavy atom. The average molecular weight is 848 g/mol. The highest BCUT2D eigenvalue weighted by atomic mass is 16.5. The zero-order valence-electron chi connectivity index (χ0n) is 40.6. The van der Waals surface area contributed by atoms with Crippen LogP contribution in [-0.2, 0) is 19.1 Å². The summed E-state index contributed by atoms with van der Waals surface area (Å²) in [6, 6.07) is 0. The first kappa shape index (κ1) is 56.4. The number of carboxylic acid groups (broad SMARTS) is 2. The van der Waals surface area contributed by atoms with Crippen molar-refractivity contribution in [3.8, 4) is 0 Å². The Kier molecular flexibility index (Phi) is 35.6. The maximum absolute atomic E-state index is 13.4. The van der Waals surface area contributed by atoms with Crippen molar-refractivity contribution in [1.82, 2.24) is 4.90 Å². The molecule has 1 saturated heterocycles. The number of aliphatic carboxylic acids is 2. The van der Waals surface area contributed by atoms with Crippen molar-refractivity contribution in [3.63, 3.8) is 0 Å². The smallest absolute Gasteiger partial charge is 0.309 e. The number of carbonyl (C=O) groups excluding carboxylic acids is 1. The maximum Gasteiger partial charge on any atom is 0.309 e. The molecule has 1 heterocycles. The van der Waals surface area contributed by atoms with Gasteiger partial charge in [-0.05, 0) is 89.3 Å². The van der Waals surface area contributed by atoms with Crippen molar-refractivity contribution < 1.29 is 29.3 Å². The summed E-state index contributed by atoms with van der Waals surface area (Å²) in [4.78, 5) is 40.1. The summed E-state index contributed by atoms with van der Waals surface area (Å²) in [6.07, 6.45) is 41.1. The molecule has 1 unspecified atom stereocenters. The van der Waals surface area contributed by atoms with Crippen LogP contribution in [0.15, 0.2) is 0 Å². The lowest BCUT2D eigenvalue weighted by molar-refractivity contribution is -0.154. The molecule has 1 fully saturated rings. The molecule has 0 aromatic carbocycles. The number of likely N-dealkylation sites (tertiary alicyclic amines) is 1. The van der Waals surface area contributed by atoms with E-state index in [1.807, 2.05) is 0 Å². The van der Waals surface area contributed by atoms with Crippen molar-refractivity contribution in [2.45, 2.75) is 265 Å². The van der Waals surface area contributed by atoms with Gasteiger partial charge in [-0.25, -0.2) is 0 Å². The molecule has 1 atom stereocenters. The Hall–Kier alpha value is -1.63. The third kappa shape index (κ3) is 28.9. The van der Waals surface area contributed by atoms with Crippen LogP contribution in [0.2, 0.25) is 0 Å². The monoisotopic (exact) mass is 848 g/mol. The molecule has 7 heteroatoms. The van der Waals surface area contributed by atoms with E-state index < -0.39 is 17.4 Å². The number of ether oxygens (including phenoxy) is 1. The third-order valence-corrected chi connectivity index (χ3v) is 14.4. The van der Waals surface area contributed by atoms with Gasteiger partial charge in [0.05, 0.1) is 17.9 Å². The van der Waals surface area contributed by atoms with Gasteiger partial charge in [-0.15, -0.1) is 0 Å². The Labute approximate surface area is 372 Å². The van der Waals surface area contributed by atoms with Gasteiger partial charge in [0.2, 0.25) is 0 Å². The van der Waals surface area contributed by atoms with E-state index >= 15 is 0 Å². The number of esters is 1.